The number of aryl methyl sites for hydroxylation is 2. The molecule has 1 aromatic rings. The summed E-state index contributed by atoms with van der Waals surface area (Å²) in [5, 5.41) is 0. The first-order chi connectivity index (χ1) is 11.0. The molecule has 1 heterocycles. The highest BCUT2D eigenvalue weighted by Gasteiger charge is 2.26. The van der Waals surface area contributed by atoms with Crippen LogP contribution in [0.1, 0.15) is 41.3 Å². The monoisotopic (exact) mass is 336 g/mol. The molecule has 0 spiro atoms. The van der Waals surface area contributed by atoms with Crippen LogP contribution in [-0.2, 0) is 22.9 Å². The minimum absolute atomic E-state index is 0.0236. The van der Waals surface area contributed by atoms with Crippen LogP contribution in [0, 0.1) is 0 Å². The first-order valence-electron chi connectivity index (χ1n) is 8.40. The van der Waals surface area contributed by atoms with Gasteiger partial charge in [0.25, 0.3) is 5.91 Å². The van der Waals surface area contributed by atoms with E-state index < -0.39 is 10.0 Å². The van der Waals surface area contributed by atoms with Crippen molar-refractivity contribution in [3.8, 4) is 0 Å². The molecule has 1 aliphatic carbocycles. The highest BCUT2D eigenvalue weighted by atomic mass is 32.2. The molecule has 5 nitrogen and oxygen atoms in total. The molecule has 1 fully saturated rings. The maximum absolute atomic E-state index is 12.7. The number of sulfonamides is 1. The van der Waals surface area contributed by atoms with Gasteiger partial charge >= 0.3 is 0 Å². The number of carbonyl (C=O) groups excluding carboxylic acids is 1. The maximum atomic E-state index is 12.7. The molecule has 2 aliphatic rings. The van der Waals surface area contributed by atoms with Gasteiger partial charge in [0.05, 0.1) is 5.75 Å². The normalized spacial score (nSPS) is 19.4. The average Bonchev–Trinajstić information content (AvgIpc) is 2.87. The number of hydrogen-bond acceptors (Lipinski definition) is 3. The van der Waals surface area contributed by atoms with Gasteiger partial charge in [-0.05, 0) is 55.9 Å². The Morgan fingerprint density at radius 2 is 1.83 bits per heavy atom. The molecule has 0 aromatic heterocycles. The van der Waals surface area contributed by atoms with Gasteiger partial charge in [-0.3, -0.25) is 4.79 Å². The predicted molar refractivity (Wildman–Crippen MR) is 90.0 cm³/mol. The summed E-state index contributed by atoms with van der Waals surface area (Å²) in [4.78, 5) is 14.5. The Bertz CT molecular complexity index is 700. The topological polar surface area (TPSA) is 57.7 Å². The van der Waals surface area contributed by atoms with E-state index in [4.69, 9.17) is 0 Å². The van der Waals surface area contributed by atoms with Crippen molar-refractivity contribution in [2.45, 2.75) is 32.6 Å². The number of hydrogen-bond donors (Lipinski definition) is 0. The quantitative estimate of drug-likeness (QED) is 0.844. The van der Waals surface area contributed by atoms with E-state index in [9.17, 15) is 13.2 Å². The van der Waals surface area contributed by atoms with Gasteiger partial charge in [0.1, 0.15) is 0 Å². The van der Waals surface area contributed by atoms with E-state index in [1.165, 1.54) is 21.9 Å². The van der Waals surface area contributed by atoms with Crippen LogP contribution < -0.4 is 0 Å². The van der Waals surface area contributed by atoms with Crippen LogP contribution in [0.4, 0.5) is 0 Å². The molecule has 0 atom stereocenters. The number of nitrogens with zero attached hydrogens (tertiary/aromatic N) is 2. The highest BCUT2D eigenvalue weighted by Crippen LogP contribution is 2.23. The van der Waals surface area contributed by atoms with E-state index >= 15 is 0 Å². The Morgan fingerprint density at radius 1 is 1.04 bits per heavy atom. The van der Waals surface area contributed by atoms with Crippen LogP contribution in [0.3, 0.4) is 0 Å². The first kappa shape index (κ1) is 16.5. The van der Waals surface area contributed by atoms with Crippen molar-refractivity contribution in [1.82, 2.24) is 9.21 Å². The molecule has 126 valence electrons. The number of amides is 1. The summed E-state index contributed by atoms with van der Waals surface area (Å²) in [6, 6.07) is 6.01. The summed E-state index contributed by atoms with van der Waals surface area (Å²) < 4.78 is 25.5. The summed E-state index contributed by atoms with van der Waals surface area (Å²) >= 11 is 0. The van der Waals surface area contributed by atoms with Gasteiger partial charge in [0.15, 0.2) is 0 Å². The molecule has 6 heteroatoms. The molecule has 1 amide bonds. The van der Waals surface area contributed by atoms with E-state index in [1.807, 2.05) is 12.1 Å². The van der Waals surface area contributed by atoms with Gasteiger partial charge < -0.3 is 4.90 Å². The summed E-state index contributed by atoms with van der Waals surface area (Å²) in [6.07, 6.45) is 4.02. The summed E-state index contributed by atoms with van der Waals surface area (Å²) in [7, 11) is -3.17. The van der Waals surface area contributed by atoms with Crippen LogP contribution in [0.25, 0.3) is 0 Å². The van der Waals surface area contributed by atoms with Gasteiger partial charge in [-0.1, -0.05) is 6.07 Å². The third-order valence-electron chi connectivity index (χ3n) is 4.85. The van der Waals surface area contributed by atoms with Gasteiger partial charge in [-0.2, -0.15) is 0 Å². The molecular formula is C17H24N2O3S. The molecular weight excluding hydrogens is 312 g/mol. The van der Waals surface area contributed by atoms with Crippen LogP contribution >= 0.6 is 0 Å². The van der Waals surface area contributed by atoms with Crippen molar-refractivity contribution in [2.24, 2.45) is 0 Å². The third kappa shape index (κ3) is 3.43. The van der Waals surface area contributed by atoms with E-state index in [2.05, 4.69) is 6.07 Å². The van der Waals surface area contributed by atoms with Crippen molar-refractivity contribution >= 4 is 15.9 Å². The van der Waals surface area contributed by atoms with Crippen molar-refractivity contribution in [1.29, 1.82) is 0 Å². The Hall–Kier alpha value is -1.40. The lowest BCUT2D eigenvalue weighted by molar-refractivity contribution is 0.0764. The Kier molecular flexibility index (Phi) is 4.73. The second kappa shape index (κ2) is 6.61. The summed E-state index contributed by atoms with van der Waals surface area (Å²) in [6.45, 7) is 3.64. The fourth-order valence-corrected chi connectivity index (χ4v) is 4.58. The largest absolute Gasteiger partial charge is 0.337 e. The maximum Gasteiger partial charge on any atom is 0.253 e. The van der Waals surface area contributed by atoms with Gasteiger partial charge in [0.2, 0.25) is 10.0 Å². The van der Waals surface area contributed by atoms with Crippen LogP contribution in [0.2, 0.25) is 0 Å². The minimum atomic E-state index is -3.17. The highest BCUT2D eigenvalue weighted by molar-refractivity contribution is 7.89. The lowest BCUT2D eigenvalue weighted by Gasteiger charge is -2.22. The minimum Gasteiger partial charge on any atom is -0.337 e. The molecule has 1 aliphatic heterocycles. The zero-order chi connectivity index (χ0) is 16.4. The van der Waals surface area contributed by atoms with Gasteiger partial charge in [0, 0.05) is 31.7 Å². The van der Waals surface area contributed by atoms with Crippen molar-refractivity contribution < 1.29 is 13.2 Å². The molecule has 23 heavy (non-hydrogen) atoms. The molecule has 0 unspecified atom stereocenters. The predicted octanol–water partition coefficient (Wildman–Crippen LogP) is 1.67. The SMILES string of the molecule is CCS(=O)(=O)N1CCCN(C(=O)c2ccc3c(c2)CCC3)CC1. The Labute approximate surface area is 138 Å². The lowest BCUT2D eigenvalue weighted by Crippen LogP contribution is -2.38. The number of fused-ring (bicyclic) bond motifs is 1. The fourth-order valence-electron chi connectivity index (χ4n) is 3.45. The molecule has 1 aromatic carbocycles. The molecule has 1 saturated heterocycles. The molecule has 0 saturated carbocycles. The second-order valence-corrected chi connectivity index (χ2v) is 8.54. The standard InChI is InChI=1S/C17H24N2O3S/c1-2-23(21,22)19-10-4-9-18(11-12-19)17(20)16-8-7-14-5-3-6-15(14)13-16/h7-8,13H,2-6,9-12H2,1H3. The van der Waals surface area contributed by atoms with Crippen molar-refractivity contribution in [3.05, 3.63) is 34.9 Å². The van der Waals surface area contributed by atoms with Crippen LogP contribution in [-0.4, -0.2) is 55.5 Å². The zero-order valence-electron chi connectivity index (χ0n) is 13.6. The first-order valence-corrected chi connectivity index (χ1v) is 10.0. The van der Waals surface area contributed by atoms with Crippen LogP contribution in [0.15, 0.2) is 18.2 Å². The average molecular weight is 336 g/mol. The molecule has 0 N–H and O–H groups in total. The molecule has 0 bridgehead atoms. The Morgan fingerprint density at radius 3 is 2.61 bits per heavy atom. The van der Waals surface area contributed by atoms with E-state index in [0.717, 1.165) is 18.4 Å². The van der Waals surface area contributed by atoms with Crippen molar-refractivity contribution in [2.75, 3.05) is 31.9 Å². The van der Waals surface area contributed by atoms with Crippen molar-refractivity contribution in [3.63, 3.8) is 0 Å². The number of benzene rings is 1. The van der Waals surface area contributed by atoms with Gasteiger partial charge in [-0.15, -0.1) is 0 Å². The second-order valence-electron chi connectivity index (χ2n) is 6.28. The van der Waals surface area contributed by atoms with E-state index in [-0.39, 0.29) is 11.7 Å². The summed E-state index contributed by atoms with van der Waals surface area (Å²) in [5.41, 5.74) is 3.39. The van der Waals surface area contributed by atoms with E-state index in [0.29, 0.717) is 32.6 Å². The van der Waals surface area contributed by atoms with Crippen LogP contribution in [0.5, 0.6) is 0 Å². The van der Waals surface area contributed by atoms with Gasteiger partial charge in [-0.25, -0.2) is 12.7 Å². The smallest absolute Gasteiger partial charge is 0.253 e. The number of rotatable bonds is 3. The third-order valence-corrected chi connectivity index (χ3v) is 6.73. The fraction of sp³-hybridized carbons (Fsp3) is 0.588. The Balaban J connectivity index is 1.71. The zero-order valence-corrected chi connectivity index (χ0v) is 14.4. The van der Waals surface area contributed by atoms with E-state index in [1.54, 1.807) is 11.8 Å². The molecule has 0 radical (unpaired) electrons. The summed E-state index contributed by atoms with van der Waals surface area (Å²) in [5.74, 6) is 0.140. The lowest BCUT2D eigenvalue weighted by atomic mass is 10.1. The molecule has 3 rings (SSSR count). The number of carbonyl (C=O) groups is 1.